The first-order valence-electron chi connectivity index (χ1n) is 11.1. The van der Waals surface area contributed by atoms with Crippen molar-refractivity contribution in [1.82, 2.24) is 25.1 Å². The summed E-state index contributed by atoms with van der Waals surface area (Å²) in [6.45, 7) is 7.96. The molecule has 0 bridgehead atoms. The van der Waals surface area contributed by atoms with Gasteiger partial charge in [0.15, 0.2) is 0 Å². The first-order chi connectivity index (χ1) is 15.1. The molecule has 1 aromatic carbocycles. The standard InChI is InChI=1S/C24H31N5O3/c1-16-11-23(3,4)14-24(12-16)21(31)29(22(32)27-24)13-20(30)26-17(2)18-5-7-19(8-6-18)28-10-9-25-15-28/h5-10,15-17H,11-14H2,1-4H3,(H,26,30)(H,27,32)/t16-,17+,24-/m1/s1. The molecule has 2 aliphatic rings. The Morgan fingerprint density at radius 1 is 1.25 bits per heavy atom. The summed E-state index contributed by atoms with van der Waals surface area (Å²) in [5, 5.41) is 5.82. The van der Waals surface area contributed by atoms with Crippen molar-refractivity contribution in [3.8, 4) is 5.69 Å². The molecule has 2 fully saturated rings. The molecule has 0 radical (unpaired) electrons. The van der Waals surface area contributed by atoms with Crippen LogP contribution in [0.5, 0.6) is 0 Å². The average Bonchev–Trinajstić information content (AvgIpc) is 3.30. The van der Waals surface area contributed by atoms with Crippen molar-refractivity contribution in [3.05, 3.63) is 48.5 Å². The lowest BCUT2D eigenvalue weighted by Crippen LogP contribution is -2.54. The highest BCUT2D eigenvalue weighted by atomic mass is 16.2. The van der Waals surface area contributed by atoms with Crippen molar-refractivity contribution in [2.45, 2.75) is 58.5 Å². The Kier molecular flexibility index (Phi) is 5.56. The zero-order valence-electron chi connectivity index (χ0n) is 19.1. The number of benzene rings is 1. The molecule has 2 heterocycles. The van der Waals surface area contributed by atoms with Crippen molar-refractivity contribution in [2.75, 3.05) is 6.54 Å². The summed E-state index contributed by atoms with van der Waals surface area (Å²) in [4.78, 5) is 43.6. The number of amides is 4. The third-order valence-corrected chi connectivity index (χ3v) is 6.50. The van der Waals surface area contributed by atoms with Crippen LogP contribution in [0.25, 0.3) is 5.69 Å². The van der Waals surface area contributed by atoms with Gasteiger partial charge in [0.2, 0.25) is 5.91 Å². The highest BCUT2D eigenvalue weighted by molar-refractivity contribution is 6.09. The van der Waals surface area contributed by atoms with Gasteiger partial charge >= 0.3 is 6.03 Å². The monoisotopic (exact) mass is 437 g/mol. The maximum atomic E-state index is 13.2. The molecule has 8 nitrogen and oxygen atoms in total. The molecule has 1 aliphatic heterocycles. The Labute approximate surface area is 188 Å². The molecule has 1 saturated heterocycles. The Balaban J connectivity index is 1.39. The number of urea groups is 1. The van der Waals surface area contributed by atoms with Gasteiger partial charge in [-0.25, -0.2) is 9.78 Å². The molecule has 1 spiro atoms. The minimum Gasteiger partial charge on any atom is -0.348 e. The third kappa shape index (κ3) is 4.26. The second-order valence-electron chi connectivity index (χ2n) is 10.1. The molecular formula is C24H31N5O3. The van der Waals surface area contributed by atoms with Crippen LogP contribution in [0.15, 0.2) is 43.0 Å². The smallest absolute Gasteiger partial charge is 0.325 e. The minimum atomic E-state index is -0.896. The quantitative estimate of drug-likeness (QED) is 0.702. The lowest BCUT2D eigenvalue weighted by molar-refractivity contribution is -0.137. The maximum absolute atomic E-state index is 13.2. The molecule has 2 N–H and O–H groups in total. The molecule has 32 heavy (non-hydrogen) atoms. The summed E-state index contributed by atoms with van der Waals surface area (Å²) in [5.74, 6) is -0.323. The lowest BCUT2D eigenvalue weighted by atomic mass is 9.64. The maximum Gasteiger partial charge on any atom is 0.325 e. The number of aromatic nitrogens is 2. The number of rotatable bonds is 5. The number of nitrogens with zero attached hydrogens (tertiary/aromatic N) is 3. The van der Waals surface area contributed by atoms with Crippen LogP contribution in [0.4, 0.5) is 4.79 Å². The molecule has 4 amide bonds. The van der Waals surface area contributed by atoms with Crippen LogP contribution < -0.4 is 10.6 Å². The Hall–Kier alpha value is -3.16. The third-order valence-electron chi connectivity index (χ3n) is 6.50. The second kappa shape index (κ2) is 8.07. The first kappa shape index (κ1) is 22.0. The van der Waals surface area contributed by atoms with Crippen LogP contribution in [-0.2, 0) is 9.59 Å². The Morgan fingerprint density at radius 2 is 1.97 bits per heavy atom. The van der Waals surface area contributed by atoms with Gasteiger partial charge in [0.05, 0.1) is 12.4 Å². The van der Waals surface area contributed by atoms with Gasteiger partial charge in [-0.15, -0.1) is 0 Å². The summed E-state index contributed by atoms with van der Waals surface area (Å²) in [7, 11) is 0. The summed E-state index contributed by atoms with van der Waals surface area (Å²) < 4.78 is 1.90. The van der Waals surface area contributed by atoms with Gasteiger partial charge in [0.25, 0.3) is 5.91 Å². The zero-order valence-corrected chi connectivity index (χ0v) is 19.1. The Bertz CT molecular complexity index is 1010. The van der Waals surface area contributed by atoms with Crippen LogP contribution in [0, 0.1) is 11.3 Å². The molecule has 1 saturated carbocycles. The van der Waals surface area contributed by atoms with E-state index >= 15 is 0 Å². The number of carbonyl (C=O) groups is 3. The number of hydrogen-bond acceptors (Lipinski definition) is 4. The number of imidazole rings is 1. The van der Waals surface area contributed by atoms with E-state index < -0.39 is 11.6 Å². The van der Waals surface area contributed by atoms with Crippen LogP contribution in [0.1, 0.15) is 58.6 Å². The van der Waals surface area contributed by atoms with E-state index in [2.05, 4.69) is 36.4 Å². The fraction of sp³-hybridized carbons (Fsp3) is 0.500. The molecule has 3 atom stereocenters. The van der Waals surface area contributed by atoms with Crippen molar-refractivity contribution >= 4 is 17.8 Å². The van der Waals surface area contributed by atoms with Crippen molar-refractivity contribution < 1.29 is 14.4 Å². The van der Waals surface area contributed by atoms with Gasteiger partial charge < -0.3 is 15.2 Å². The van der Waals surface area contributed by atoms with E-state index in [9.17, 15) is 14.4 Å². The van der Waals surface area contributed by atoms with E-state index in [4.69, 9.17) is 0 Å². The average molecular weight is 438 g/mol. The fourth-order valence-corrected chi connectivity index (χ4v) is 5.51. The van der Waals surface area contributed by atoms with Crippen LogP contribution in [0.2, 0.25) is 0 Å². The summed E-state index contributed by atoms with van der Waals surface area (Å²) in [5.41, 5.74) is 0.960. The van der Waals surface area contributed by atoms with E-state index in [0.29, 0.717) is 18.8 Å². The summed E-state index contributed by atoms with van der Waals surface area (Å²) in [6, 6.07) is 7.04. The van der Waals surface area contributed by atoms with Crippen molar-refractivity contribution in [2.24, 2.45) is 11.3 Å². The molecule has 0 unspecified atom stereocenters. The van der Waals surface area contributed by atoms with Gasteiger partial charge in [-0.3, -0.25) is 14.5 Å². The van der Waals surface area contributed by atoms with E-state index in [-0.39, 0.29) is 29.8 Å². The number of hydrogen-bond donors (Lipinski definition) is 2. The van der Waals surface area contributed by atoms with E-state index in [1.807, 2.05) is 42.0 Å². The highest BCUT2D eigenvalue weighted by Gasteiger charge is 2.56. The highest BCUT2D eigenvalue weighted by Crippen LogP contribution is 2.46. The normalized spacial score (nSPS) is 25.6. The van der Waals surface area contributed by atoms with Gasteiger partial charge in [-0.1, -0.05) is 32.9 Å². The minimum absolute atomic E-state index is 0.0454. The molecule has 1 aliphatic carbocycles. The topological polar surface area (TPSA) is 96.3 Å². The molecule has 2 aromatic rings. The first-order valence-corrected chi connectivity index (χ1v) is 11.1. The van der Waals surface area contributed by atoms with E-state index in [1.54, 1.807) is 12.5 Å². The van der Waals surface area contributed by atoms with E-state index in [1.165, 1.54) is 0 Å². The molecular weight excluding hydrogens is 406 g/mol. The predicted octanol–water partition coefficient (Wildman–Crippen LogP) is 3.19. The lowest BCUT2D eigenvalue weighted by Gasteiger charge is -2.43. The van der Waals surface area contributed by atoms with Crippen molar-refractivity contribution in [1.29, 1.82) is 0 Å². The molecule has 8 heteroatoms. The molecule has 170 valence electrons. The molecule has 1 aromatic heterocycles. The van der Waals surface area contributed by atoms with Crippen molar-refractivity contribution in [3.63, 3.8) is 0 Å². The van der Waals surface area contributed by atoms with Gasteiger partial charge in [-0.05, 0) is 55.2 Å². The van der Waals surface area contributed by atoms with Gasteiger partial charge in [0, 0.05) is 18.1 Å². The zero-order chi connectivity index (χ0) is 23.1. The summed E-state index contributed by atoms with van der Waals surface area (Å²) in [6.07, 6.45) is 7.51. The SMILES string of the molecule is C[C@@H]1CC(C)(C)C[C@@]2(C1)NC(=O)N(CC(=O)N[C@@H](C)c1ccc(-n3ccnc3)cc1)C2=O. The summed E-state index contributed by atoms with van der Waals surface area (Å²) >= 11 is 0. The number of nitrogens with one attached hydrogen (secondary N) is 2. The van der Waals surface area contributed by atoms with Gasteiger partial charge in [-0.2, -0.15) is 0 Å². The number of carbonyl (C=O) groups excluding carboxylic acids is 3. The van der Waals surface area contributed by atoms with Gasteiger partial charge in [0.1, 0.15) is 12.1 Å². The predicted molar refractivity (Wildman–Crippen MR) is 120 cm³/mol. The van der Waals surface area contributed by atoms with Crippen LogP contribution >= 0.6 is 0 Å². The Morgan fingerprint density at radius 3 is 2.59 bits per heavy atom. The fourth-order valence-electron chi connectivity index (χ4n) is 5.51. The van der Waals surface area contributed by atoms with Crippen LogP contribution in [0.3, 0.4) is 0 Å². The van der Waals surface area contributed by atoms with Crippen LogP contribution in [-0.4, -0.2) is 44.4 Å². The largest absolute Gasteiger partial charge is 0.348 e. The second-order valence-corrected chi connectivity index (χ2v) is 10.1. The van der Waals surface area contributed by atoms with E-state index in [0.717, 1.165) is 22.6 Å². The number of imide groups is 1. The molecule has 4 rings (SSSR count).